The van der Waals surface area contributed by atoms with Gasteiger partial charge < -0.3 is 10.6 Å². The normalized spacial score (nSPS) is 11.9. The summed E-state index contributed by atoms with van der Waals surface area (Å²) in [6.07, 6.45) is 0. The van der Waals surface area contributed by atoms with Crippen LogP contribution in [0.25, 0.3) is 0 Å². The average Bonchev–Trinajstić information content (AvgIpc) is 2.58. The van der Waals surface area contributed by atoms with Gasteiger partial charge in [-0.1, -0.05) is 35.9 Å². The quantitative estimate of drug-likeness (QED) is 0.835. The second-order valence-electron chi connectivity index (χ2n) is 6.77. The van der Waals surface area contributed by atoms with Crippen molar-refractivity contribution in [3.05, 3.63) is 59.2 Å². The molecule has 138 valence electrons. The summed E-state index contributed by atoms with van der Waals surface area (Å²) in [5.41, 5.74) is 4.83. The highest BCUT2D eigenvalue weighted by molar-refractivity contribution is 5.96. The number of carbonyl (C=O) groups excluding carboxylic acids is 2. The molecule has 0 saturated heterocycles. The van der Waals surface area contributed by atoms with Gasteiger partial charge in [-0.15, -0.1) is 0 Å². The molecule has 0 aromatic heterocycles. The zero-order valence-corrected chi connectivity index (χ0v) is 16.1. The van der Waals surface area contributed by atoms with E-state index in [4.69, 9.17) is 0 Å². The van der Waals surface area contributed by atoms with Gasteiger partial charge >= 0.3 is 0 Å². The van der Waals surface area contributed by atoms with E-state index in [0.717, 1.165) is 22.5 Å². The molecule has 2 amide bonds. The molecule has 0 bridgehead atoms. The van der Waals surface area contributed by atoms with Crippen molar-refractivity contribution in [1.82, 2.24) is 4.90 Å². The Bertz CT molecular complexity index is 764. The zero-order chi connectivity index (χ0) is 19.3. The number of anilines is 2. The number of hydrogen-bond donors (Lipinski definition) is 2. The number of amides is 2. The van der Waals surface area contributed by atoms with E-state index in [0.29, 0.717) is 0 Å². The van der Waals surface area contributed by atoms with E-state index in [2.05, 4.69) is 10.6 Å². The van der Waals surface area contributed by atoms with Crippen LogP contribution in [0, 0.1) is 20.8 Å². The van der Waals surface area contributed by atoms with E-state index in [1.807, 2.05) is 63.2 Å². The molecule has 0 aliphatic heterocycles. The molecule has 5 heteroatoms. The van der Waals surface area contributed by atoms with Crippen LogP contribution < -0.4 is 10.6 Å². The predicted octanol–water partition coefficient (Wildman–Crippen LogP) is 3.51. The van der Waals surface area contributed by atoms with Gasteiger partial charge in [-0.25, -0.2) is 0 Å². The highest BCUT2D eigenvalue weighted by atomic mass is 16.2. The van der Waals surface area contributed by atoms with Crippen LogP contribution >= 0.6 is 0 Å². The third-order valence-electron chi connectivity index (χ3n) is 4.42. The lowest BCUT2D eigenvalue weighted by molar-refractivity contribution is -0.122. The lowest BCUT2D eigenvalue weighted by Gasteiger charge is -2.23. The molecule has 5 nitrogen and oxygen atoms in total. The molecule has 2 aromatic carbocycles. The first kappa shape index (κ1) is 19.7. The van der Waals surface area contributed by atoms with Crippen LogP contribution in [-0.4, -0.2) is 36.3 Å². The van der Waals surface area contributed by atoms with Gasteiger partial charge in [0.05, 0.1) is 12.6 Å². The molecule has 2 rings (SSSR count). The fourth-order valence-corrected chi connectivity index (χ4v) is 2.89. The van der Waals surface area contributed by atoms with Crippen LogP contribution in [0.5, 0.6) is 0 Å². The Labute approximate surface area is 155 Å². The molecule has 2 N–H and O–H groups in total. The van der Waals surface area contributed by atoms with Crippen LogP contribution in [-0.2, 0) is 9.59 Å². The smallest absolute Gasteiger partial charge is 0.241 e. The van der Waals surface area contributed by atoms with Gasteiger partial charge in [-0.2, -0.15) is 0 Å². The molecular formula is C21H27N3O2. The molecule has 0 radical (unpaired) electrons. The number of aryl methyl sites for hydroxylation is 3. The first-order valence-corrected chi connectivity index (χ1v) is 8.71. The standard InChI is InChI=1S/C21H27N3O2/c1-14-11-15(2)20(16(3)12-14)23-19(25)13-24(5)17(4)21(26)22-18-9-7-6-8-10-18/h6-12,17H,13H2,1-5H3,(H,22,26)(H,23,25)/t17-/m0/s1. The molecule has 0 spiro atoms. The highest BCUT2D eigenvalue weighted by Gasteiger charge is 2.20. The summed E-state index contributed by atoms with van der Waals surface area (Å²) in [7, 11) is 1.77. The summed E-state index contributed by atoms with van der Waals surface area (Å²) >= 11 is 0. The number of likely N-dealkylation sites (N-methyl/N-ethyl adjacent to an activating group) is 1. The minimum absolute atomic E-state index is 0.135. The molecule has 0 unspecified atom stereocenters. The van der Waals surface area contributed by atoms with E-state index in [1.54, 1.807) is 18.9 Å². The minimum Gasteiger partial charge on any atom is -0.325 e. The largest absolute Gasteiger partial charge is 0.325 e. The van der Waals surface area contributed by atoms with Crippen LogP contribution in [0.15, 0.2) is 42.5 Å². The number of nitrogens with one attached hydrogen (secondary N) is 2. The number of hydrogen-bond acceptors (Lipinski definition) is 3. The molecule has 0 saturated carbocycles. The summed E-state index contributed by atoms with van der Waals surface area (Å²) in [6, 6.07) is 12.9. The molecule has 1 atom stereocenters. The Kier molecular flexibility index (Phi) is 6.52. The Balaban J connectivity index is 1.95. The molecule has 0 heterocycles. The Hall–Kier alpha value is -2.66. The molecule has 0 aliphatic rings. The first-order chi connectivity index (χ1) is 12.3. The topological polar surface area (TPSA) is 61.4 Å². The van der Waals surface area contributed by atoms with Crippen molar-refractivity contribution in [2.75, 3.05) is 24.2 Å². The van der Waals surface area contributed by atoms with E-state index >= 15 is 0 Å². The average molecular weight is 353 g/mol. The van der Waals surface area contributed by atoms with Crippen molar-refractivity contribution in [3.63, 3.8) is 0 Å². The second-order valence-corrected chi connectivity index (χ2v) is 6.77. The van der Waals surface area contributed by atoms with Gasteiger partial charge in [0.25, 0.3) is 0 Å². The molecule has 2 aromatic rings. The summed E-state index contributed by atoms with van der Waals surface area (Å²) in [5, 5.41) is 5.83. The summed E-state index contributed by atoms with van der Waals surface area (Å²) < 4.78 is 0. The van der Waals surface area contributed by atoms with Gasteiger partial charge in [0.2, 0.25) is 11.8 Å². The number of carbonyl (C=O) groups is 2. The van der Waals surface area contributed by atoms with Gasteiger partial charge in [0, 0.05) is 11.4 Å². The lowest BCUT2D eigenvalue weighted by Crippen LogP contribution is -2.43. The second kappa shape index (κ2) is 8.63. The first-order valence-electron chi connectivity index (χ1n) is 8.71. The van der Waals surface area contributed by atoms with Crippen molar-refractivity contribution >= 4 is 23.2 Å². The third kappa shape index (κ3) is 5.17. The Morgan fingerprint density at radius 3 is 2.15 bits per heavy atom. The number of para-hydroxylation sites is 1. The van der Waals surface area contributed by atoms with Gasteiger partial charge in [0.1, 0.15) is 0 Å². The van der Waals surface area contributed by atoms with E-state index < -0.39 is 6.04 Å². The lowest BCUT2D eigenvalue weighted by atomic mass is 10.1. The van der Waals surface area contributed by atoms with E-state index in [-0.39, 0.29) is 18.4 Å². The maximum Gasteiger partial charge on any atom is 0.241 e. The van der Waals surface area contributed by atoms with Gasteiger partial charge in [-0.3, -0.25) is 14.5 Å². The molecule has 26 heavy (non-hydrogen) atoms. The van der Waals surface area contributed by atoms with Crippen LogP contribution in [0.3, 0.4) is 0 Å². The molecule has 0 aliphatic carbocycles. The fraction of sp³-hybridized carbons (Fsp3) is 0.333. The minimum atomic E-state index is -0.429. The van der Waals surface area contributed by atoms with E-state index in [1.165, 1.54) is 5.56 Å². The summed E-state index contributed by atoms with van der Waals surface area (Å²) in [5.74, 6) is -0.281. The zero-order valence-electron chi connectivity index (χ0n) is 16.1. The van der Waals surface area contributed by atoms with Gasteiger partial charge in [0.15, 0.2) is 0 Å². The van der Waals surface area contributed by atoms with Crippen molar-refractivity contribution in [2.45, 2.75) is 33.7 Å². The Morgan fingerprint density at radius 2 is 1.58 bits per heavy atom. The monoisotopic (exact) mass is 353 g/mol. The van der Waals surface area contributed by atoms with Crippen molar-refractivity contribution in [1.29, 1.82) is 0 Å². The third-order valence-corrected chi connectivity index (χ3v) is 4.42. The highest BCUT2D eigenvalue weighted by Crippen LogP contribution is 2.21. The summed E-state index contributed by atoms with van der Waals surface area (Å²) in [4.78, 5) is 26.5. The number of benzene rings is 2. The van der Waals surface area contributed by atoms with Crippen molar-refractivity contribution in [2.24, 2.45) is 0 Å². The van der Waals surface area contributed by atoms with Crippen LogP contribution in [0.4, 0.5) is 11.4 Å². The maximum atomic E-state index is 12.4. The number of rotatable bonds is 6. The SMILES string of the molecule is Cc1cc(C)c(NC(=O)CN(C)[C@@H](C)C(=O)Nc2ccccc2)c(C)c1. The maximum absolute atomic E-state index is 12.4. The van der Waals surface area contributed by atoms with Crippen LogP contribution in [0.1, 0.15) is 23.6 Å². The number of nitrogens with zero attached hydrogens (tertiary/aromatic N) is 1. The van der Waals surface area contributed by atoms with E-state index in [9.17, 15) is 9.59 Å². The van der Waals surface area contributed by atoms with Gasteiger partial charge in [-0.05, 0) is 58.0 Å². The molecular weight excluding hydrogens is 326 g/mol. The summed E-state index contributed by atoms with van der Waals surface area (Å²) in [6.45, 7) is 7.92. The molecule has 0 fully saturated rings. The van der Waals surface area contributed by atoms with Crippen LogP contribution in [0.2, 0.25) is 0 Å². The predicted molar refractivity (Wildman–Crippen MR) is 106 cm³/mol. The van der Waals surface area contributed by atoms with Crippen molar-refractivity contribution < 1.29 is 9.59 Å². The van der Waals surface area contributed by atoms with Crippen molar-refractivity contribution in [3.8, 4) is 0 Å². The fourth-order valence-electron chi connectivity index (χ4n) is 2.89. The Morgan fingerprint density at radius 1 is 1.00 bits per heavy atom.